The van der Waals surface area contributed by atoms with E-state index >= 15 is 0 Å². The van der Waals surface area contributed by atoms with Gasteiger partial charge in [-0.05, 0) is 24.0 Å². The zero-order valence-electron chi connectivity index (χ0n) is 15.1. The van der Waals surface area contributed by atoms with E-state index in [0.717, 1.165) is 24.0 Å². The Morgan fingerprint density at radius 3 is 2.15 bits per heavy atom. The number of likely N-dealkylation sites (tertiary alicyclic amines) is 1. The zero-order valence-corrected chi connectivity index (χ0v) is 15.1. The Labute approximate surface area is 154 Å². The van der Waals surface area contributed by atoms with Crippen LogP contribution >= 0.6 is 0 Å². The lowest BCUT2D eigenvalue weighted by molar-refractivity contribution is -0.149. The molecule has 26 heavy (non-hydrogen) atoms. The van der Waals surface area contributed by atoms with Gasteiger partial charge in [-0.15, -0.1) is 0 Å². The summed E-state index contributed by atoms with van der Waals surface area (Å²) in [6.07, 6.45) is 2.03. The Hall–Kier alpha value is -2.62. The highest BCUT2D eigenvalue weighted by Crippen LogP contribution is 2.29. The second-order valence-corrected chi connectivity index (χ2v) is 6.78. The van der Waals surface area contributed by atoms with Gasteiger partial charge in [-0.25, -0.2) is 0 Å². The molecule has 1 unspecified atom stereocenters. The fraction of sp³-hybridized carbons (Fsp3) is 0.364. The molecule has 2 aromatic rings. The summed E-state index contributed by atoms with van der Waals surface area (Å²) in [7, 11) is 1.41. The van der Waals surface area contributed by atoms with Crippen molar-refractivity contribution < 1.29 is 14.3 Å². The van der Waals surface area contributed by atoms with E-state index in [1.54, 1.807) is 0 Å². The van der Waals surface area contributed by atoms with Crippen LogP contribution in [0, 0.1) is 5.92 Å². The first-order valence-corrected chi connectivity index (χ1v) is 9.14. The maximum atomic E-state index is 13.0. The lowest BCUT2D eigenvalue weighted by Gasteiger charge is -2.32. The second kappa shape index (κ2) is 8.65. The number of hydrogen-bond acceptors (Lipinski definition) is 3. The molecular weight excluding hydrogens is 326 g/mol. The Bertz CT molecular complexity index is 690. The first-order valence-electron chi connectivity index (χ1n) is 9.14. The molecule has 1 fully saturated rings. The number of methoxy groups -OCH3 is 1. The number of rotatable bonds is 5. The molecule has 0 spiro atoms. The van der Waals surface area contributed by atoms with Gasteiger partial charge in [0.1, 0.15) is 0 Å². The van der Waals surface area contributed by atoms with E-state index in [0.29, 0.717) is 19.5 Å². The third-order valence-electron chi connectivity index (χ3n) is 5.09. The predicted molar refractivity (Wildman–Crippen MR) is 101 cm³/mol. The van der Waals surface area contributed by atoms with Gasteiger partial charge >= 0.3 is 5.97 Å². The van der Waals surface area contributed by atoms with Gasteiger partial charge in [-0.3, -0.25) is 9.59 Å². The van der Waals surface area contributed by atoms with Crippen molar-refractivity contribution >= 4 is 11.9 Å². The number of piperidine rings is 1. The molecule has 1 aliphatic rings. The molecule has 3 rings (SSSR count). The van der Waals surface area contributed by atoms with E-state index in [1.807, 2.05) is 41.3 Å². The van der Waals surface area contributed by atoms with E-state index in [2.05, 4.69) is 24.3 Å². The Morgan fingerprint density at radius 2 is 1.62 bits per heavy atom. The van der Waals surface area contributed by atoms with Gasteiger partial charge < -0.3 is 9.64 Å². The van der Waals surface area contributed by atoms with Crippen LogP contribution in [-0.4, -0.2) is 37.0 Å². The van der Waals surface area contributed by atoms with Crippen LogP contribution in [0.2, 0.25) is 0 Å². The maximum absolute atomic E-state index is 13.0. The van der Waals surface area contributed by atoms with Gasteiger partial charge in [0.05, 0.1) is 13.0 Å². The van der Waals surface area contributed by atoms with Crippen LogP contribution in [-0.2, 0) is 14.3 Å². The summed E-state index contributed by atoms with van der Waals surface area (Å²) in [4.78, 5) is 26.6. The van der Waals surface area contributed by atoms with Gasteiger partial charge in [-0.1, -0.05) is 60.7 Å². The number of benzene rings is 2. The molecule has 1 heterocycles. The quantitative estimate of drug-likeness (QED) is 0.773. The average Bonchev–Trinajstić information content (AvgIpc) is 2.72. The minimum Gasteiger partial charge on any atom is -0.469 e. The highest BCUT2D eigenvalue weighted by atomic mass is 16.5. The summed E-state index contributed by atoms with van der Waals surface area (Å²) < 4.78 is 4.86. The molecule has 0 radical (unpaired) electrons. The lowest BCUT2D eigenvalue weighted by atomic mass is 9.87. The van der Waals surface area contributed by atoms with Gasteiger partial charge in [0.2, 0.25) is 5.91 Å². The van der Waals surface area contributed by atoms with Crippen molar-refractivity contribution in [1.29, 1.82) is 0 Å². The zero-order chi connectivity index (χ0) is 18.4. The van der Waals surface area contributed by atoms with Gasteiger partial charge in [0.15, 0.2) is 0 Å². The van der Waals surface area contributed by atoms with Crippen molar-refractivity contribution in [3.63, 3.8) is 0 Å². The van der Waals surface area contributed by atoms with Crippen LogP contribution < -0.4 is 0 Å². The first-order chi connectivity index (χ1) is 12.7. The monoisotopic (exact) mass is 351 g/mol. The number of hydrogen-bond donors (Lipinski definition) is 0. The van der Waals surface area contributed by atoms with Crippen LogP contribution in [0.15, 0.2) is 60.7 Å². The van der Waals surface area contributed by atoms with E-state index in [1.165, 1.54) is 7.11 Å². The van der Waals surface area contributed by atoms with Crippen LogP contribution in [0.25, 0.3) is 0 Å². The lowest BCUT2D eigenvalue weighted by Crippen LogP contribution is -2.43. The molecule has 1 amide bonds. The summed E-state index contributed by atoms with van der Waals surface area (Å²) in [5, 5.41) is 0. The van der Waals surface area contributed by atoms with E-state index < -0.39 is 0 Å². The first kappa shape index (κ1) is 18.2. The summed E-state index contributed by atoms with van der Waals surface area (Å²) in [6.45, 7) is 1.17. The third-order valence-corrected chi connectivity index (χ3v) is 5.09. The van der Waals surface area contributed by atoms with Crippen LogP contribution in [0.4, 0.5) is 0 Å². The van der Waals surface area contributed by atoms with Crippen LogP contribution in [0.5, 0.6) is 0 Å². The maximum Gasteiger partial charge on any atom is 0.310 e. The Kier molecular flexibility index (Phi) is 6.05. The molecule has 4 heteroatoms. The number of esters is 1. The highest BCUT2D eigenvalue weighted by molar-refractivity contribution is 5.79. The topological polar surface area (TPSA) is 46.6 Å². The van der Waals surface area contributed by atoms with E-state index in [9.17, 15) is 9.59 Å². The van der Waals surface area contributed by atoms with Gasteiger partial charge in [-0.2, -0.15) is 0 Å². The molecule has 1 saturated heterocycles. The molecule has 2 aromatic carbocycles. The van der Waals surface area contributed by atoms with Crippen LogP contribution in [0.1, 0.15) is 36.3 Å². The average molecular weight is 351 g/mol. The van der Waals surface area contributed by atoms with Gasteiger partial charge in [0, 0.05) is 25.4 Å². The summed E-state index contributed by atoms with van der Waals surface area (Å²) in [5.74, 6) is -0.311. The molecule has 136 valence electrons. The number of carbonyl (C=O) groups excluding carboxylic acids is 2. The molecule has 0 aromatic heterocycles. The fourth-order valence-electron chi connectivity index (χ4n) is 3.67. The molecule has 0 N–H and O–H groups in total. The normalized spacial score (nSPS) is 17.2. The Balaban J connectivity index is 1.76. The summed E-state index contributed by atoms with van der Waals surface area (Å²) in [5.41, 5.74) is 2.27. The van der Waals surface area contributed by atoms with Crippen molar-refractivity contribution in [3.8, 4) is 0 Å². The second-order valence-electron chi connectivity index (χ2n) is 6.78. The van der Waals surface area contributed by atoms with Crippen molar-refractivity contribution in [3.05, 3.63) is 71.8 Å². The van der Waals surface area contributed by atoms with E-state index in [4.69, 9.17) is 4.74 Å². The van der Waals surface area contributed by atoms with Crippen molar-refractivity contribution in [2.75, 3.05) is 20.2 Å². The number of carbonyl (C=O) groups is 2. The fourth-order valence-corrected chi connectivity index (χ4v) is 3.67. The molecule has 0 saturated carbocycles. The Morgan fingerprint density at radius 1 is 1.04 bits per heavy atom. The number of amides is 1. The SMILES string of the molecule is COC(=O)C1CCCN(C(=O)CC(c2ccccc2)c2ccccc2)C1. The standard InChI is InChI=1S/C22H25NO3/c1-26-22(25)19-13-8-14-23(16-19)21(24)15-20(17-9-4-2-5-10-17)18-11-6-3-7-12-18/h2-7,9-12,19-20H,8,13-16H2,1H3. The van der Waals surface area contributed by atoms with Crippen molar-refractivity contribution in [2.45, 2.75) is 25.2 Å². The van der Waals surface area contributed by atoms with Crippen LogP contribution in [0.3, 0.4) is 0 Å². The number of nitrogens with zero attached hydrogens (tertiary/aromatic N) is 1. The van der Waals surface area contributed by atoms with Crippen molar-refractivity contribution in [1.82, 2.24) is 4.90 Å². The molecular formula is C22H25NO3. The van der Waals surface area contributed by atoms with E-state index in [-0.39, 0.29) is 23.7 Å². The largest absolute Gasteiger partial charge is 0.469 e. The summed E-state index contributed by atoms with van der Waals surface area (Å²) in [6, 6.07) is 20.3. The van der Waals surface area contributed by atoms with Crippen molar-refractivity contribution in [2.24, 2.45) is 5.92 Å². The molecule has 1 atom stereocenters. The summed E-state index contributed by atoms with van der Waals surface area (Å²) >= 11 is 0. The molecule has 4 nitrogen and oxygen atoms in total. The third kappa shape index (κ3) is 4.31. The highest BCUT2D eigenvalue weighted by Gasteiger charge is 2.30. The smallest absolute Gasteiger partial charge is 0.310 e. The molecule has 1 aliphatic heterocycles. The minimum atomic E-state index is -0.217. The minimum absolute atomic E-state index is 0.0170. The number of ether oxygens (including phenoxy) is 1. The predicted octanol–water partition coefficient (Wildman–Crippen LogP) is 3.62. The molecule has 0 aliphatic carbocycles. The molecule has 0 bridgehead atoms. The van der Waals surface area contributed by atoms with Gasteiger partial charge in [0.25, 0.3) is 0 Å².